The van der Waals surface area contributed by atoms with Gasteiger partial charge in [-0.15, -0.1) is 0 Å². The van der Waals surface area contributed by atoms with Gasteiger partial charge in [0.25, 0.3) is 0 Å². The first-order valence-electron chi connectivity index (χ1n) is 7.84. The fourth-order valence-electron chi connectivity index (χ4n) is 2.60. The average Bonchev–Trinajstić information content (AvgIpc) is 3.02. The number of carbonyl (C=O) groups excluding carboxylic acids is 2. The summed E-state index contributed by atoms with van der Waals surface area (Å²) in [6, 6.07) is 9.48. The van der Waals surface area contributed by atoms with E-state index in [-0.39, 0.29) is 31.9 Å². The van der Waals surface area contributed by atoms with Crippen LogP contribution in [0.2, 0.25) is 0 Å². The molecule has 7 nitrogen and oxygen atoms in total. The summed E-state index contributed by atoms with van der Waals surface area (Å²) in [6.45, 7) is 2.36. The molecule has 1 atom stereocenters. The largest absolute Gasteiger partial charge is 0.479 e. The fraction of sp³-hybridized carbons (Fsp3) is 0.471. The van der Waals surface area contributed by atoms with Crippen LogP contribution >= 0.6 is 0 Å². The minimum atomic E-state index is -1.35. The standard InChI is InChI=1S/C17H22N2O5/c1-13(20)19(11-14-5-3-2-4-6-14)9-7-15(21)18-17(16(22)23)8-10-24-12-17/h2-6H,7-12H2,1H3,(H,18,21)(H,22,23). The number of nitrogens with one attached hydrogen (secondary N) is 1. The van der Waals surface area contributed by atoms with Crippen molar-refractivity contribution in [1.82, 2.24) is 10.2 Å². The Morgan fingerprint density at radius 3 is 2.54 bits per heavy atom. The zero-order chi connectivity index (χ0) is 17.6. The molecule has 2 N–H and O–H groups in total. The number of carboxylic acid groups (broad SMARTS) is 1. The number of carboxylic acids is 1. The highest BCUT2D eigenvalue weighted by atomic mass is 16.5. The van der Waals surface area contributed by atoms with Gasteiger partial charge in [0, 0.05) is 39.5 Å². The van der Waals surface area contributed by atoms with Crippen LogP contribution in [-0.2, 0) is 25.7 Å². The van der Waals surface area contributed by atoms with Crippen molar-refractivity contribution in [1.29, 1.82) is 0 Å². The maximum atomic E-state index is 12.1. The van der Waals surface area contributed by atoms with E-state index >= 15 is 0 Å². The van der Waals surface area contributed by atoms with Crippen molar-refractivity contribution in [2.24, 2.45) is 0 Å². The van der Waals surface area contributed by atoms with Crippen LogP contribution < -0.4 is 5.32 Å². The molecule has 0 spiro atoms. The van der Waals surface area contributed by atoms with E-state index in [2.05, 4.69) is 5.32 Å². The summed E-state index contributed by atoms with van der Waals surface area (Å²) in [7, 11) is 0. The molecule has 1 aromatic carbocycles. The predicted octanol–water partition coefficient (Wildman–Crippen LogP) is 0.785. The molecule has 130 valence electrons. The van der Waals surface area contributed by atoms with Crippen molar-refractivity contribution < 1.29 is 24.2 Å². The van der Waals surface area contributed by atoms with E-state index < -0.39 is 17.4 Å². The van der Waals surface area contributed by atoms with E-state index in [4.69, 9.17) is 4.74 Å². The third-order valence-corrected chi connectivity index (χ3v) is 4.08. The maximum absolute atomic E-state index is 12.1. The number of hydrogen-bond donors (Lipinski definition) is 2. The van der Waals surface area contributed by atoms with Crippen molar-refractivity contribution in [2.45, 2.75) is 31.8 Å². The highest BCUT2D eigenvalue weighted by molar-refractivity contribution is 5.87. The van der Waals surface area contributed by atoms with Crippen LogP contribution in [0.4, 0.5) is 0 Å². The van der Waals surface area contributed by atoms with E-state index in [9.17, 15) is 19.5 Å². The molecule has 2 amide bonds. The zero-order valence-electron chi connectivity index (χ0n) is 13.7. The first-order chi connectivity index (χ1) is 11.4. The highest BCUT2D eigenvalue weighted by Gasteiger charge is 2.43. The Morgan fingerprint density at radius 1 is 1.29 bits per heavy atom. The lowest BCUT2D eigenvalue weighted by Gasteiger charge is -2.25. The smallest absolute Gasteiger partial charge is 0.331 e. The second-order valence-corrected chi connectivity index (χ2v) is 5.91. The lowest BCUT2D eigenvalue weighted by molar-refractivity contribution is -0.147. The van der Waals surface area contributed by atoms with Crippen molar-refractivity contribution in [3.8, 4) is 0 Å². The molecule has 1 aliphatic rings. The molecule has 7 heteroatoms. The Kier molecular flexibility index (Phi) is 5.92. The Morgan fingerprint density at radius 2 is 2.00 bits per heavy atom. The third kappa shape index (κ3) is 4.55. The highest BCUT2D eigenvalue weighted by Crippen LogP contribution is 2.19. The molecular weight excluding hydrogens is 312 g/mol. The van der Waals surface area contributed by atoms with Crippen molar-refractivity contribution >= 4 is 17.8 Å². The number of aliphatic carboxylic acids is 1. The minimum absolute atomic E-state index is 0.0332. The van der Waals surface area contributed by atoms with Crippen LogP contribution in [0.1, 0.15) is 25.3 Å². The maximum Gasteiger partial charge on any atom is 0.331 e. The van der Waals surface area contributed by atoms with Gasteiger partial charge in [0.05, 0.1) is 6.61 Å². The van der Waals surface area contributed by atoms with E-state index in [1.165, 1.54) is 6.92 Å². The Balaban J connectivity index is 1.90. The Hall–Kier alpha value is -2.41. The summed E-state index contributed by atoms with van der Waals surface area (Å²) in [5.74, 6) is -1.63. The fourth-order valence-corrected chi connectivity index (χ4v) is 2.60. The SMILES string of the molecule is CC(=O)N(CCC(=O)NC1(C(=O)O)CCOC1)Cc1ccccc1. The quantitative estimate of drug-likeness (QED) is 0.768. The number of hydrogen-bond acceptors (Lipinski definition) is 4. The molecule has 0 aromatic heterocycles. The first kappa shape index (κ1) is 17.9. The molecule has 1 unspecified atom stereocenters. The Labute approximate surface area is 140 Å². The van der Waals surface area contributed by atoms with Crippen molar-refractivity contribution in [3.05, 3.63) is 35.9 Å². The number of rotatable bonds is 7. The summed E-state index contributed by atoms with van der Waals surface area (Å²) >= 11 is 0. The van der Waals surface area contributed by atoms with Gasteiger partial charge in [-0.05, 0) is 5.56 Å². The summed E-state index contributed by atoms with van der Waals surface area (Å²) < 4.78 is 5.11. The molecule has 1 aliphatic heterocycles. The normalized spacial score (nSPS) is 19.7. The number of ether oxygens (including phenoxy) is 1. The van der Waals surface area contributed by atoms with Gasteiger partial charge in [0.15, 0.2) is 5.54 Å². The molecular formula is C17H22N2O5. The Bertz CT molecular complexity index is 596. The van der Waals surface area contributed by atoms with Crippen LogP contribution in [0.25, 0.3) is 0 Å². The van der Waals surface area contributed by atoms with Gasteiger partial charge in [-0.2, -0.15) is 0 Å². The number of nitrogens with zero attached hydrogens (tertiary/aromatic N) is 1. The minimum Gasteiger partial charge on any atom is -0.479 e. The van der Waals surface area contributed by atoms with Gasteiger partial charge < -0.3 is 20.1 Å². The van der Waals surface area contributed by atoms with Crippen LogP contribution in [0.15, 0.2) is 30.3 Å². The topological polar surface area (TPSA) is 95.9 Å². The molecule has 24 heavy (non-hydrogen) atoms. The molecule has 1 aromatic rings. The molecule has 0 saturated carbocycles. The lowest BCUT2D eigenvalue weighted by atomic mass is 9.99. The zero-order valence-corrected chi connectivity index (χ0v) is 13.7. The van der Waals surface area contributed by atoms with Gasteiger partial charge in [0.1, 0.15) is 0 Å². The molecule has 0 aliphatic carbocycles. The molecule has 1 fully saturated rings. The molecule has 2 rings (SSSR count). The summed E-state index contributed by atoms with van der Waals surface area (Å²) in [5.41, 5.74) is -0.378. The van der Waals surface area contributed by atoms with Gasteiger partial charge in [-0.25, -0.2) is 4.79 Å². The van der Waals surface area contributed by atoms with E-state index in [0.717, 1.165) is 5.56 Å². The van der Waals surface area contributed by atoms with Gasteiger partial charge in [0.2, 0.25) is 11.8 Å². The number of benzene rings is 1. The summed E-state index contributed by atoms with van der Waals surface area (Å²) in [6.07, 6.45) is 0.288. The van der Waals surface area contributed by atoms with Crippen molar-refractivity contribution in [3.63, 3.8) is 0 Å². The average molecular weight is 334 g/mol. The van der Waals surface area contributed by atoms with Crippen molar-refractivity contribution in [2.75, 3.05) is 19.8 Å². The summed E-state index contributed by atoms with van der Waals surface area (Å²) in [4.78, 5) is 36.8. The monoisotopic (exact) mass is 334 g/mol. The van der Waals surface area contributed by atoms with E-state index in [1.54, 1.807) is 4.90 Å². The number of amides is 2. The second-order valence-electron chi connectivity index (χ2n) is 5.91. The van der Waals surface area contributed by atoms with Gasteiger partial charge in [-0.1, -0.05) is 30.3 Å². The predicted molar refractivity (Wildman–Crippen MR) is 86.1 cm³/mol. The molecule has 0 bridgehead atoms. The van der Waals surface area contributed by atoms with E-state index in [0.29, 0.717) is 13.2 Å². The van der Waals surface area contributed by atoms with Crippen LogP contribution in [0.3, 0.4) is 0 Å². The third-order valence-electron chi connectivity index (χ3n) is 4.08. The van der Waals surface area contributed by atoms with Gasteiger partial charge in [-0.3, -0.25) is 9.59 Å². The van der Waals surface area contributed by atoms with Crippen LogP contribution in [0.5, 0.6) is 0 Å². The summed E-state index contributed by atoms with van der Waals surface area (Å²) in [5, 5.41) is 11.9. The molecule has 1 saturated heterocycles. The molecule has 1 heterocycles. The van der Waals surface area contributed by atoms with Gasteiger partial charge >= 0.3 is 5.97 Å². The lowest BCUT2D eigenvalue weighted by Crippen LogP contribution is -2.55. The van der Waals surface area contributed by atoms with Crippen LogP contribution in [-0.4, -0.2) is 53.1 Å². The molecule has 0 radical (unpaired) electrons. The van der Waals surface area contributed by atoms with E-state index in [1.807, 2.05) is 30.3 Å². The van der Waals surface area contributed by atoms with Crippen LogP contribution in [0, 0.1) is 0 Å². The second kappa shape index (κ2) is 7.92. The first-order valence-corrected chi connectivity index (χ1v) is 7.84. The number of carbonyl (C=O) groups is 3.